The number of benzene rings is 2. The molecule has 146 valence electrons. The van der Waals surface area contributed by atoms with Gasteiger partial charge in [-0.1, -0.05) is 64.5 Å². The number of halogens is 5. The summed E-state index contributed by atoms with van der Waals surface area (Å²) in [7, 11) is 0. The zero-order valence-corrected chi connectivity index (χ0v) is 16.9. The zero-order chi connectivity index (χ0) is 20.3. The van der Waals surface area contributed by atoms with Crippen LogP contribution in [0.25, 0.3) is 0 Å². The number of carbonyl (C=O) groups is 1. The van der Waals surface area contributed by atoms with Gasteiger partial charge in [0.2, 0.25) is 5.13 Å². The van der Waals surface area contributed by atoms with Crippen molar-refractivity contribution in [3.63, 3.8) is 0 Å². The van der Waals surface area contributed by atoms with Crippen LogP contribution in [0.5, 0.6) is 0 Å². The summed E-state index contributed by atoms with van der Waals surface area (Å²) in [6, 6.07) is 9.59. The molecule has 3 rings (SSSR count). The summed E-state index contributed by atoms with van der Waals surface area (Å²) in [5, 5.41) is 11.2. The van der Waals surface area contributed by atoms with Crippen molar-refractivity contribution in [2.45, 2.75) is 16.3 Å². The van der Waals surface area contributed by atoms with E-state index in [1.54, 1.807) is 12.1 Å². The summed E-state index contributed by atoms with van der Waals surface area (Å²) in [5.74, 6) is -0.204. The maximum Gasteiger partial charge on any atom is 0.416 e. The van der Waals surface area contributed by atoms with E-state index in [9.17, 15) is 18.0 Å². The van der Waals surface area contributed by atoms with Gasteiger partial charge in [0.25, 0.3) is 5.91 Å². The minimum atomic E-state index is -4.39. The van der Waals surface area contributed by atoms with Gasteiger partial charge in [-0.05, 0) is 29.8 Å². The number of alkyl halides is 3. The number of carbonyl (C=O) groups excluding carboxylic acids is 1. The summed E-state index contributed by atoms with van der Waals surface area (Å²) in [5.41, 5.74) is 0.00284. The Hall–Kier alpha value is -1.81. The molecule has 0 aliphatic rings. The highest BCUT2D eigenvalue weighted by atomic mass is 35.5. The average molecular weight is 464 g/mol. The van der Waals surface area contributed by atoms with Gasteiger partial charge in [0.05, 0.1) is 16.1 Å². The molecule has 4 nitrogen and oxygen atoms in total. The quantitative estimate of drug-likeness (QED) is 0.350. The van der Waals surface area contributed by atoms with Crippen molar-refractivity contribution in [1.82, 2.24) is 10.2 Å². The van der Waals surface area contributed by atoms with Crippen LogP contribution >= 0.6 is 46.3 Å². The summed E-state index contributed by atoms with van der Waals surface area (Å²) in [6.45, 7) is 0. The summed E-state index contributed by atoms with van der Waals surface area (Å²) in [4.78, 5) is 12.3. The number of hydrogen-bond donors (Lipinski definition) is 1. The Balaban J connectivity index is 1.63. The van der Waals surface area contributed by atoms with E-state index in [0.29, 0.717) is 14.9 Å². The lowest BCUT2D eigenvalue weighted by Crippen LogP contribution is -2.12. The molecule has 0 fully saturated rings. The number of amides is 1. The third-order valence-corrected chi connectivity index (χ3v) is 6.02. The standard InChI is InChI=1S/C17H10Cl2F3N3OS2/c18-11-4-5-13(19)12(7-11)14(26)23-15-24-25-16(28-15)27-8-9-2-1-3-10(6-9)17(20,21)22/h1-7H,8H2,(H,23,24,26). The molecule has 0 atom stereocenters. The molecule has 1 aromatic heterocycles. The SMILES string of the molecule is O=C(Nc1nnc(SCc2cccc(C(F)(F)F)c2)s1)c1cc(Cl)ccc1Cl. The van der Waals surface area contributed by atoms with Crippen LogP contribution < -0.4 is 5.32 Å². The summed E-state index contributed by atoms with van der Waals surface area (Å²) >= 11 is 14.2. The average Bonchev–Trinajstić information content (AvgIpc) is 3.09. The lowest BCUT2D eigenvalue weighted by Gasteiger charge is -2.07. The molecule has 0 aliphatic heterocycles. The van der Waals surface area contributed by atoms with Crippen LogP contribution in [0.15, 0.2) is 46.8 Å². The van der Waals surface area contributed by atoms with Crippen molar-refractivity contribution in [2.24, 2.45) is 0 Å². The molecular weight excluding hydrogens is 454 g/mol. The Morgan fingerprint density at radius 1 is 1.14 bits per heavy atom. The highest BCUT2D eigenvalue weighted by Gasteiger charge is 2.30. The Labute approximate surface area is 176 Å². The first-order chi connectivity index (χ1) is 13.2. The molecule has 2 aromatic carbocycles. The summed E-state index contributed by atoms with van der Waals surface area (Å²) < 4.78 is 38.8. The van der Waals surface area contributed by atoms with Crippen LogP contribution in [-0.2, 0) is 11.9 Å². The molecular formula is C17H10Cl2F3N3OS2. The number of anilines is 1. The van der Waals surface area contributed by atoms with Crippen molar-refractivity contribution in [3.8, 4) is 0 Å². The number of thioether (sulfide) groups is 1. The smallest absolute Gasteiger partial charge is 0.296 e. The molecule has 0 bridgehead atoms. The molecule has 0 saturated carbocycles. The van der Waals surface area contributed by atoms with E-state index < -0.39 is 17.6 Å². The van der Waals surface area contributed by atoms with Gasteiger partial charge in [-0.25, -0.2) is 0 Å². The van der Waals surface area contributed by atoms with Gasteiger partial charge < -0.3 is 0 Å². The topological polar surface area (TPSA) is 54.9 Å². The van der Waals surface area contributed by atoms with Crippen LogP contribution in [0.1, 0.15) is 21.5 Å². The van der Waals surface area contributed by atoms with Crippen LogP contribution in [0, 0.1) is 0 Å². The van der Waals surface area contributed by atoms with Crippen LogP contribution in [0.2, 0.25) is 10.0 Å². The van der Waals surface area contributed by atoms with Crippen LogP contribution in [-0.4, -0.2) is 16.1 Å². The fourth-order valence-electron chi connectivity index (χ4n) is 2.14. The molecule has 1 N–H and O–H groups in total. The first kappa shape index (κ1) is 20.9. The first-order valence-corrected chi connectivity index (χ1v) is 10.2. The van der Waals surface area contributed by atoms with Gasteiger partial charge >= 0.3 is 6.18 Å². The number of rotatable bonds is 5. The monoisotopic (exact) mass is 463 g/mol. The van der Waals surface area contributed by atoms with Crippen molar-refractivity contribution >= 4 is 57.3 Å². The minimum Gasteiger partial charge on any atom is -0.296 e. The van der Waals surface area contributed by atoms with E-state index in [1.165, 1.54) is 30.0 Å². The molecule has 28 heavy (non-hydrogen) atoms. The Morgan fingerprint density at radius 3 is 2.68 bits per heavy atom. The zero-order valence-electron chi connectivity index (χ0n) is 13.8. The molecule has 0 unspecified atom stereocenters. The predicted molar refractivity (Wildman–Crippen MR) is 105 cm³/mol. The third kappa shape index (κ3) is 5.38. The fraction of sp³-hybridized carbons (Fsp3) is 0.118. The predicted octanol–water partition coefficient (Wildman–Crippen LogP) is 6.41. The van der Waals surface area contributed by atoms with Gasteiger partial charge in [0.1, 0.15) is 0 Å². The molecule has 1 heterocycles. The second-order valence-corrected chi connectivity index (χ2v) is 8.48. The lowest BCUT2D eigenvalue weighted by atomic mass is 10.1. The van der Waals surface area contributed by atoms with Crippen molar-refractivity contribution in [3.05, 3.63) is 69.2 Å². The first-order valence-electron chi connectivity index (χ1n) is 7.61. The van der Waals surface area contributed by atoms with Crippen molar-refractivity contribution in [2.75, 3.05) is 5.32 Å². The van der Waals surface area contributed by atoms with E-state index in [4.69, 9.17) is 23.2 Å². The van der Waals surface area contributed by atoms with Gasteiger partial charge in [0.15, 0.2) is 4.34 Å². The van der Waals surface area contributed by atoms with Crippen LogP contribution in [0.3, 0.4) is 0 Å². The molecule has 0 spiro atoms. The van der Waals surface area contributed by atoms with Crippen LogP contribution in [0.4, 0.5) is 18.3 Å². The third-order valence-electron chi connectivity index (χ3n) is 3.42. The minimum absolute atomic E-state index is 0.197. The second kappa shape index (κ2) is 8.69. The Bertz CT molecular complexity index is 1010. The molecule has 3 aromatic rings. The Kier molecular flexibility index (Phi) is 6.49. The van der Waals surface area contributed by atoms with Gasteiger partial charge in [0, 0.05) is 10.8 Å². The van der Waals surface area contributed by atoms with E-state index in [-0.39, 0.29) is 21.5 Å². The van der Waals surface area contributed by atoms with E-state index in [2.05, 4.69) is 15.5 Å². The van der Waals surface area contributed by atoms with E-state index >= 15 is 0 Å². The Morgan fingerprint density at radius 2 is 1.93 bits per heavy atom. The number of hydrogen-bond acceptors (Lipinski definition) is 5. The number of aromatic nitrogens is 2. The van der Waals surface area contributed by atoms with Crippen molar-refractivity contribution < 1.29 is 18.0 Å². The molecule has 0 radical (unpaired) electrons. The maximum atomic E-state index is 12.8. The number of nitrogens with one attached hydrogen (secondary N) is 1. The summed E-state index contributed by atoms with van der Waals surface area (Å²) in [6.07, 6.45) is -4.39. The number of nitrogens with zero attached hydrogens (tertiary/aromatic N) is 2. The second-order valence-electron chi connectivity index (χ2n) is 5.44. The highest BCUT2D eigenvalue weighted by molar-refractivity contribution is 8.00. The van der Waals surface area contributed by atoms with E-state index in [1.807, 2.05) is 0 Å². The molecule has 11 heteroatoms. The fourth-order valence-corrected chi connectivity index (χ4v) is 4.20. The van der Waals surface area contributed by atoms with E-state index in [0.717, 1.165) is 23.5 Å². The molecule has 0 aliphatic carbocycles. The van der Waals surface area contributed by atoms with Gasteiger partial charge in [-0.2, -0.15) is 13.2 Å². The molecule has 1 amide bonds. The molecule has 0 saturated heterocycles. The normalized spacial score (nSPS) is 11.5. The maximum absolute atomic E-state index is 12.8. The highest BCUT2D eigenvalue weighted by Crippen LogP contribution is 2.32. The van der Waals surface area contributed by atoms with Gasteiger partial charge in [-0.3, -0.25) is 10.1 Å². The largest absolute Gasteiger partial charge is 0.416 e. The van der Waals surface area contributed by atoms with Crippen molar-refractivity contribution in [1.29, 1.82) is 0 Å². The van der Waals surface area contributed by atoms with Gasteiger partial charge in [-0.15, -0.1) is 10.2 Å². The lowest BCUT2D eigenvalue weighted by molar-refractivity contribution is -0.137.